The van der Waals surface area contributed by atoms with Crippen molar-refractivity contribution in [2.45, 2.75) is 12.8 Å². The molecule has 3 nitrogen and oxygen atoms in total. The number of ether oxygens (including phenoxy) is 1. The molecule has 0 N–H and O–H groups in total. The van der Waals surface area contributed by atoms with E-state index in [1.165, 1.54) is 27.9 Å². The average Bonchev–Trinajstić information content (AvgIpc) is 2.98. The predicted molar refractivity (Wildman–Crippen MR) is 94.1 cm³/mol. The van der Waals surface area contributed by atoms with Gasteiger partial charge in [-0.3, -0.25) is 4.90 Å². The third kappa shape index (κ3) is 4.08. The molecule has 21 heavy (non-hydrogen) atoms. The van der Waals surface area contributed by atoms with Gasteiger partial charge in [0.05, 0.1) is 13.2 Å². The fraction of sp³-hybridized carbons (Fsp3) is 0.412. The predicted octanol–water partition coefficient (Wildman–Crippen LogP) is 3.35. The van der Waals surface area contributed by atoms with Gasteiger partial charge in [-0.15, -0.1) is 0 Å². The summed E-state index contributed by atoms with van der Waals surface area (Å²) in [6.07, 6.45) is 4.48. The van der Waals surface area contributed by atoms with Gasteiger partial charge in [0.25, 0.3) is 0 Å². The molecule has 0 amide bonds. The van der Waals surface area contributed by atoms with Gasteiger partial charge in [0.15, 0.2) is 0 Å². The van der Waals surface area contributed by atoms with E-state index in [-0.39, 0.29) is 0 Å². The Labute approximate surface area is 140 Å². The minimum atomic E-state index is 0.888. The van der Waals surface area contributed by atoms with E-state index in [4.69, 9.17) is 4.74 Å². The van der Waals surface area contributed by atoms with Crippen LogP contribution in [0.2, 0.25) is 0 Å². The van der Waals surface area contributed by atoms with E-state index in [1.807, 2.05) is 0 Å². The second-order valence-corrected chi connectivity index (χ2v) is 6.65. The fourth-order valence-corrected chi connectivity index (χ4v) is 3.14. The summed E-state index contributed by atoms with van der Waals surface area (Å²) >= 11 is 2.35. The summed E-state index contributed by atoms with van der Waals surface area (Å²) in [5.74, 6) is 0. The Morgan fingerprint density at radius 1 is 1.05 bits per heavy atom. The van der Waals surface area contributed by atoms with Crippen molar-refractivity contribution in [2.75, 3.05) is 32.8 Å². The number of nitrogens with zero attached hydrogens (tertiary/aromatic N) is 2. The highest BCUT2D eigenvalue weighted by Gasteiger charge is 2.10. The monoisotopic (exact) mass is 396 g/mol. The van der Waals surface area contributed by atoms with Crippen LogP contribution in [0.25, 0.3) is 5.69 Å². The molecule has 1 saturated heterocycles. The van der Waals surface area contributed by atoms with Crippen LogP contribution in [-0.4, -0.2) is 42.3 Å². The van der Waals surface area contributed by atoms with Crippen molar-refractivity contribution in [3.8, 4) is 5.69 Å². The van der Waals surface area contributed by atoms with Gasteiger partial charge in [0.1, 0.15) is 0 Å². The Bertz CT molecular complexity index is 558. The minimum Gasteiger partial charge on any atom is -0.379 e. The van der Waals surface area contributed by atoms with Crippen molar-refractivity contribution in [1.29, 1.82) is 0 Å². The van der Waals surface area contributed by atoms with Crippen LogP contribution in [0, 0.1) is 3.57 Å². The Balaban J connectivity index is 1.59. The normalized spacial score (nSPS) is 16.2. The molecular weight excluding hydrogens is 375 g/mol. The summed E-state index contributed by atoms with van der Waals surface area (Å²) < 4.78 is 8.97. The van der Waals surface area contributed by atoms with E-state index in [0.29, 0.717) is 0 Å². The first kappa shape index (κ1) is 15.1. The van der Waals surface area contributed by atoms with Crippen molar-refractivity contribution < 1.29 is 4.74 Å². The average molecular weight is 396 g/mol. The Morgan fingerprint density at radius 2 is 1.81 bits per heavy atom. The standard InChI is InChI=1S/C17H21IN2O/c18-15-5-7-17(8-6-15)20-10-2-4-16(20)3-1-9-19-11-13-21-14-12-19/h2,4-8,10H,1,3,9,11-14H2. The lowest BCUT2D eigenvalue weighted by atomic mass is 10.2. The summed E-state index contributed by atoms with van der Waals surface area (Å²) in [7, 11) is 0. The zero-order valence-electron chi connectivity index (χ0n) is 12.2. The van der Waals surface area contributed by atoms with Gasteiger partial charge in [-0.25, -0.2) is 0 Å². The molecule has 0 saturated carbocycles. The van der Waals surface area contributed by atoms with Crippen molar-refractivity contribution in [2.24, 2.45) is 0 Å². The second-order valence-electron chi connectivity index (χ2n) is 5.40. The molecule has 1 aliphatic heterocycles. The maximum absolute atomic E-state index is 5.39. The van der Waals surface area contributed by atoms with Crippen molar-refractivity contribution in [3.05, 3.63) is 51.9 Å². The van der Waals surface area contributed by atoms with Gasteiger partial charge in [-0.05, 0) is 78.4 Å². The molecule has 0 bridgehead atoms. The van der Waals surface area contributed by atoms with E-state index in [9.17, 15) is 0 Å². The molecule has 4 heteroatoms. The van der Waals surface area contributed by atoms with E-state index < -0.39 is 0 Å². The molecule has 2 aromatic rings. The molecule has 0 unspecified atom stereocenters. The van der Waals surface area contributed by atoms with Gasteiger partial charge >= 0.3 is 0 Å². The molecule has 1 fully saturated rings. The molecule has 1 aromatic heterocycles. The fourth-order valence-electron chi connectivity index (χ4n) is 2.78. The molecule has 2 heterocycles. The zero-order chi connectivity index (χ0) is 14.5. The zero-order valence-corrected chi connectivity index (χ0v) is 14.3. The van der Waals surface area contributed by atoms with Gasteiger partial charge < -0.3 is 9.30 Å². The number of morpholine rings is 1. The smallest absolute Gasteiger partial charge is 0.0594 e. The van der Waals surface area contributed by atoms with E-state index in [2.05, 4.69) is 74.7 Å². The third-order valence-electron chi connectivity index (χ3n) is 3.95. The van der Waals surface area contributed by atoms with Gasteiger partial charge in [0.2, 0.25) is 0 Å². The van der Waals surface area contributed by atoms with Crippen LogP contribution in [0.3, 0.4) is 0 Å². The first-order chi connectivity index (χ1) is 10.3. The lowest BCUT2D eigenvalue weighted by Crippen LogP contribution is -2.37. The summed E-state index contributed by atoms with van der Waals surface area (Å²) in [6.45, 7) is 5.11. The highest BCUT2D eigenvalue weighted by Crippen LogP contribution is 2.16. The molecule has 0 aliphatic carbocycles. The number of aryl methyl sites for hydroxylation is 1. The molecule has 0 atom stereocenters. The Hall–Kier alpha value is -0.850. The number of halogens is 1. The lowest BCUT2D eigenvalue weighted by Gasteiger charge is -2.26. The first-order valence-electron chi connectivity index (χ1n) is 7.55. The first-order valence-corrected chi connectivity index (χ1v) is 8.63. The maximum Gasteiger partial charge on any atom is 0.0594 e. The number of aromatic nitrogens is 1. The maximum atomic E-state index is 5.39. The van der Waals surface area contributed by atoms with E-state index in [0.717, 1.165) is 32.7 Å². The third-order valence-corrected chi connectivity index (χ3v) is 4.67. The summed E-state index contributed by atoms with van der Waals surface area (Å²) in [4.78, 5) is 2.50. The quantitative estimate of drug-likeness (QED) is 0.722. The number of rotatable bonds is 5. The molecule has 3 rings (SSSR count). The highest BCUT2D eigenvalue weighted by molar-refractivity contribution is 14.1. The molecule has 1 aromatic carbocycles. The summed E-state index contributed by atoms with van der Waals surface area (Å²) in [6, 6.07) is 13.1. The number of benzene rings is 1. The molecule has 1 aliphatic rings. The molecule has 0 spiro atoms. The highest BCUT2D eigenvalue weighted by atomic mass is 127. The molecular formula is C17H21IN2O. The van der Waals surface area contributed by atoms with Crippen LogP contribution in [0.5, 0.6) is 0 Å². The van der Waals surface area contributed by atoms with Crippen LogP contribution in [0.1, 0.15) is 12.1 Å². The van der Waals surface area contributed by atoms with E-state index >= 15 is 0 Å². The largest absolute Gasteiger partial charge is 0.379 e. The molecule has 112 valence electrons. The lowest BCUT2D eigenvalue weighted by molar-refractivity contribution is 0.0374. The van der Waals surface area contributed by atoms with Crippen LogP contribution >= 0.6 is 22.6 Å². The van der Waals surface area contributed by atoms with Crippen molar-refractivity contribution >= 4 is 22.6 Å². The van der Waals surface area contributed by atoms with E-state index in [1.54, 1.807) is 0 Å². The van der Waals surface area contributed by atoms with Gasteiger partial charge in [-0.1, -0.05) is 0 Å². The topological polar surface area (TPSA) is 17.4 Å². The Kier molecular flexibility index (Phi) is 5.32. The number of hydrogen-bond acceptors (Lipinski definition) is 2. The van der Waals surface area contributed by atoms with Crippen molar-refractivity contribution in [3.63, 3.8) is 0 Å². The summed E-state index contributed by atoms with van der Waals surface area (Å²) in [5, 5.41) is 0. The van der Waals surface area contributed by atoms with Crippen LogP contribution in [0.15, 0.2) is 42.6 Å². The number of hydrogen-bond donors (Lipinski definition) is 0. The van der Waals surface area contributed by atoms with Crippen LogP contribution in [0.4, 0.5) is 0 Å². The van der Waals surface area contributed by atoms with Crippen LogP contribution in [-0.2, 0) is 11.2 Å². The van der Waals surface area contributed by atoms with Crippen LogP contribution < -0.4 is 0 Å². The Morgan fingerprint density at radius 3 is 2.57 bits per heavy atom. The summed E-state index contributed by atoms with van der Waals surface area (Å²) in [5.41, 5.74) is 2.64. The SMILES string of the molecule is Ic1ccc(-n2cccc2CCCN2CCOCC2)cc1. The van der Waals surface area contributed by atoms with Gasteiger partial charge in [0, 0.05) is 34.2 Å². The van der Waals surface area contributed by atoms with Gasteiger partial charge in [-0.2, -0.15) is 0 Å². The van der Waals surface area contributed by atoms with Crippen molar-refractivity contribution in [1.82, 2.24) is 9.47 Å². The second kappa shape index (κ2) is 7.42. The molecule has 0 radical (unpaired) electrons. The minimum absolute atomic E-state index is 0.888.